The molecule has 0 saturated heterocycles. The van der Waals surface area contributed by atoms with Crippen molar-refractivity contribution in [2.24, 2.45) is 0 Å². The van der Waals surface area contributed by atoms with Gasteiger partial charge in [0.25, 0.3) is 0 Å². The van der Waals surface area contributed by atoms with E-state index in [4.69, 9.17) is 4.74 Å². The van der Waals surface area contributed by atoms with Gasteiger partial charge in [0, 0.05) is 11.1 Å². The SMILES string of the molecule is CCOc1ccc(C(C)=O)cc1C[NH+](CC)CC. The van der Waals surface area contributed by atoms with E-state index in [1.165, 1.54) is 4.90 Å². The monoisotopic (exact) mass is 250 g/mol. The van der Waals surface area contributed by atoms with E-state index in [2.05, 4.69) is 13.8 Å². The maximum absolute atomic E-state index is 11.4. The summed E-state index contributed by atoms with van der Waals surface area (Å²) in [6.07, 6.45) is 0. The molecule has 1 aromatic rings. The molecular weight excluding hydrogens is 226 g/mol. The maximum atomic E-state index is 11.4. The van der Waals surface area contributed by atoms with E-state index in [9.17, 15) is 4.79 Å². The molecule has 0 amide bonds. The first-order chi connectivity index (χ1) is 8.62. The third-order valence-electron chi connectivity index (χ3n) is 3.21. The normalized spacial score (nSPS) is 10.7. The Hall–Kier alpha value is -1.35. The van der Waals surface area contributed by atoms with E-state index in [0.717, 1.165) is 36.5 Å². The van der Waals surface area contributed by atoms with Crippen LogP contribution in [0.4, 0.5) is 0 Å². The number of rotatable bonds is 7. The molecule has 0 aromatic heterocycles. The maximum Gasteiger partial charge on any atom is 0.159 e. The van der Waals surface area contributed by atoms with E-state index in [1.807, 2.05) is 25.1 Å². The van der Waals surface area contributed by atoms with Crippen LogP contribution in [0.3, 0.4) is 0 Å². The van der Waals surface area contributed by atoms with Crippen molar-refractivity contribution in [1.82, 2.24) is 0 Å². The average molecular weight is 250 g/mol. The molecule has 0 fully saturated rings. The van der Waals surface area contributed by atoms with Gasteiger partial charge in [-0.3, -0.25) is 4.79 Å². The van der Waals surface area contributed by atoms with Crippen LogP contribution in [0.25, 0.3) is 0 Å². The predicted molar refractivity (Wildman–Crippen MR) is 73.4 cm³/mol. The minimum atomic E-state index is 0.105. The molecule has 0 atom stereocenters. The molecule has 0 unspecified atom stereocenters. The number of carbonyl (C=O) groups excluding carboxylic acids is 1. The molecule has 100 valence electrons. The van der Waals surface area contributed by atoms with Gasteiger partial charge >= 0.3 is 0 Å². The minimum Gasteiger partial charge on any atom is -0.493 e. The van der Waals surface area contributed by atoms with Crippen LogP contribution < -0.4 is 9.64 Å². The minimum absolute atomic E-state index is 0.105. The van der Waals surface area contributed by atoms with E-state index in [-0.39, 0.29) is 5.78 Å². The van der Waals surface area contributed by atoms with Gasteiger partial charge in [0.05, 0.1) is 19.7 Å². The summed E-state index contributed by atoms with van der Waals surface area (Å²) in [5.74, 6) is 1.01. The molecule has 0 aliphatic carbocycles. The Balaban J connectivity index is 3.02. The van der Waals surface area contributed by atoms with Crippen molar-refractivity contribution in [2.75, 3.05) is 19.7 Å². The molecule has 0 radical (unpaired) electrons. The van der Waals surface area contributed by atoms with Crippen molar-refractivity contribution in [2.45, 2.75) is 34.2 Å². The summed E-state index contributed by atoms with van der Waals surface area (Å²) in [7, 11) is 0. The Morgan fingerprint density at radius 2 is 1.89 bits per heavy atom. The zero-order valence-corrected chi connectivity index (χ0v) is 11.9. The molecule has 1 N–H and O–H groups in total. The summed E-state index contributed by atoms with van der Waals surface area (Å²) in [6.45, 7) is 11.6. The topological polar surface area (TPSA) is 30.7 Å². The van der Waals surface area contributed by atoms with Gasteiger partial charge in [-0.1, -0.05) is 0 Å². The lowest BCUT2D eigenvalue weighted by molar-refractivity contribution is -0.910. The molecule has 0 saturated carbocycles. The lowest BCUT2D eigenvalue weighted by Crippen LogP contribution is -3.10. The van der Waals surface area contributed by atoms with Crippen LogP contribution in [0.15, 0.2) is 18.2 Å². The van der Waals surface area contributed by atoms with Crippen molar-refractivity contribution in [3.05, 3.63) is 29.3 Å². The molecule has 0 aliphatic rings. The van der Waals surface area contributed by atoms with Gasteiger partial charge in [-0.25, -0.2) is 0 Å². The number of hydrogen-bond acceptors (Lipinski definition) is 2. The first-order valence-electron chi connectivity index (χ1n) is 6.72. The van der Waals surface area contributed by atoms with Crippen molar-refractivity contribution < 1.29 is 14.4 Å². The zero-order chi connectivity index (χ0) is 13.5. The molecule has 0 spiro atoms. The van der Waals surface area contributed by atoms with Crippen LogP contribution >= 0.6 is 0 Å². The highest BCUT2D eigenvalue weighted by Crippen LogP contribution is 2.20. The van der Waals surface area contributed by atoms with Gasteiger partial charge < -0.3 is 9.64 Å². The number of nitrogens with one attached hydrogen (secondary N) is 1. The highest BCUT2D eigenvalue weighted by Gasteiger charge is 2.12. The highest BCUT2D eigenvalue weighted by molar-refractivity contribution is 5.94. The standard InChI is InChI=1S/C15H23NO2/c1-5-16(6-2)11-14-10-13(12(4)17)8-9-15(14)18-7-3/h8-10H,5-7,11H2,1-4H3/p+1. The lowest BCUT2D eigenvalue weighted by Gasteiger charge is -2.18. The molecule has 18 heavy (non-hydrogen) atoms. The van der Waals surface area contributed by atoms with Gasteiger partial charge in [0.2, 0.25) is 0 Å². The summed E-state index contributed by atoms with van der Waals surface area (Å²) in [5, 5.41) is 0. The quantitative estimate of drug-likeness (QED) is 0.747. The second-order valence-corrected chi connectivity index (χ2v) is 4.45. The summed E-state index contributed by atoms with van der Waals surface area (Å²) in [6, 6.07) is 5.73. The summed E-state index contributed by atoms with van der Waals surface area (Å²) in [4.78, 5) is 12.9. The first-order valence-corrected chi connectivity index (χ1v) is 6.72. The number of ketones is 1. The van der Waals surface area contributed by atoms with Gasteiger partial charge in [-0.2, -0.15) is 0 Å². The molecule has 3 heteroatoms. The van der Waals surface area contributed by atoms with E-state index in [0.29, 0.717) is 6.61 Å². The van der Waals surface area contributed by atoms with E-state index < -0.39 is 0 Å². The number of quaternary nitrogens is 1. The number of hydrogen-bond donors (Lipinski definition) is 1. The molecular formula is C15H24NO2+. The van der Waals surface area contributed by atoms with Crippen LogP contribution in [-0.2, 0) is 6.54 Å². The second-order valence-electron chi connectivity index (χ2n) is 4.45. The average Bonchev–Trinajstić information content (AvgIpc) is 2.37. The predicted octanol–water partition coefficient (Wildman–Crippen LogP) is 1.71. The number of ether oxygens (including phenoxy) is 1. The van der Waals surface area contributed by atoms with Gasteiger partial charge in [-0.05, 0) is 45.9 Å². The molecule has 0 aliphatic heterocycles. The highest BCUT2D eigenvalue weighted by atomic mass is 16.5. The van der Waals surface area contributed by atoms with Crippen molar-refractivity contribution in [1.29, 1.82) is 0 Å². The second kappa shape index (κ2) is 7.17. The van der Waals surface area contributed by atoms with Gasteiger partial charge in [-0.15, -0.1) is 0 Å². The van der Waals surface area contributed by atoms with Crippen LogP contribution in [0.1, 0.15) is 43.6 Å². The van der Waals surface area contributed by atoms with Gasteiger partial charge in [0.15, 0.2) is 5.78 Å². The number of benzene rings is 1. The zero-order valence-electron chi connectivity index (χ0n) is 11.9. The third-order valence-corrected chi connectivity index (χ3v) is 3.21. The van der Waals surface area contributed by atoms with Crippen LogP contribution in [0, 0.1) is 0 Å². The van der Waals surface area contributed by atoms with Gasteiger partial charge in [0.1, 0.15) is 12.3 Å². The Kier molecular flexibility index (Phi) is 5.86. The number of Topliss-reactive ketones (excluding diaryl/α,β-unsaturated/α-hetero) is 1. The summed E-state index contributed by atoms with van der Waals surface area (Å²) < 4.78 is 5.64. The fraction of sp³-hybridized carbons (Fsp3) is 0.533. The number of carbonyl (C=O) groups is 1. The fourth-order valence-electron chi connectivity index (χ4n) is 2.00. The summed E-state index contributed by atoms with van der Waals surface area (Å²) >= 11 is 0. The van der Waals surface area contributed by atoms with E-state index >= 15 is 0 Å². The van der Waals surface area contributed by atoms with Crippen LogP contribution in [0.5, 0.6) is 5.75 Å². The van der Waals surface area contributed by atoms with Crippen molar-refractivity contribution in [3.63, 3.8) is 0 Å². The Bertz CT molecular complexity index is 397. The largest absolute Gasteiger partial charge is 0.493 e. The first kappa shape index (κ1) is 14.7. The molecule has 1 aromatic carbocycles. The molecule has 1 rings (SSSR count). The Morgan fingerprint density at radius 1 is 1.22 bits per heavy atom. The lowest BCUT2D eigenvalue weighted by atomic mass is 10.1. The van der Waals surface area contributed by atoms with Crippen molar-refractivity contribution >= 4 is 5.78 Å². The van der Waals surface area contributed by atoms with Crippen LogP contribution in [-0.4, -0.2) is 25.5 Å². The van der Waals surface area contributed by atoms with Crippen LogP contribution in [0.2, 0.25) is 0 Å². The smallest absolute Gasteiger partial charge is 0.159 e. The Morgan fingerprint density at radius 3 is 2.39 bits per heavy atom. The summed E-state index contributed by atoms with van der Waals surface area (Å²) in [5.41, 5.74) is 1.89. The Labute approximate surface area is 110 Å². The molecule has 0 heterocycles. The van der Waals surface area contributed by atoms with E-state index in [1.54, 1.807) is 6.92 Å². The third kappa shape index (κ3) is 3.84. The fourth-order valence-corrected chi connectivity index (χ4v) is 2.00. The van der Waals surface area contributed by atoms with Crippen molar-refractivity contribution in [3.8, 4) is 5.75 Å². The molecule has 0 bridgehead atoms. The molecule has 3 nitrogen and oxygen atoms in total.